The summed E-state index contributed by atoms with van der Waals surface area (Å²) in [6, 6.07) is 17.2. The Hall–Kier alpha value is -2.39. The van der Waals surface area contributed by atoms with Crippen molar-refractivity contribution in [2.75, 3.05) is 26.2 Å². The molecule has 0 saturated carbocycles. The third-order valence-corrected chi connectivity index (χ3v) is 6.12. The zero-order chi connectivity index (χ0) is 21.3. The molecule has 2 aromatic carbocycles. The highest BCUT2D eigenvalue weighted by Gasteiger charge is 2.18. The number of aryl methyl sites for hydroxylation is 1. The van der Waals surface area contributed by atoms with E-state index in [2.05, 4.69) is 48.6 Å². The zero-order valence-electron chi connectivity index (χ0n) is 18.8. The van der Waals surface area contributed by atoms with Gasteiger partial charge in [0.25, 0.3) is 5.91 Å². The SMILES string of the molecule is CCCCc1ccccc1C(=C1CCNCC1)c1ccc(C(=O)N(CC)CC)cc1. The highest BCUT2D eigenvalue weighted by Crippen LogP contribution is 2.34. The van der Waals surface area contributed by atoms with Gasteiger partial charge < -0.3 is 10.2 Å². The van der Waals surface area contributed by atoms with E-state index in [-0.39, 0.29) is 5.91 Å². The summed E-state index contributed by atoms with van der Waals surface area (Å²) in [5.74, 6) is 0.117. The maximum atomic E-state index is 12.7. The average molecular weight is 405 g/mol. The van der Waals surface area contributed by atoms with Crippen molar-refractivity contribution in [2.24, 2.45) is 0 Å². The van der Waals surface area contributed by atoms with Gasteiger partial charge in [0.1, 0.15) is 0 Å². The molecular formula is C27H36N2O. The minimum Gasteiger partial charge on any atom is -0.339 e. The van der Waals surface area contributed by atoms with E-state index in [1.54, 1.807) is 0 Å². The van der Waals surface area contributed by atoms with Crippen LogP contribution in [0.3, 0.4) is 0 Å². The molecule has 160 valence electrons. The number of hydrogen-bond donors (Lipinski definition) is 1. The molecule has 0 radical (unpaired) electrons. The Balaban J connectivity index is 2.02. The molecule has 1 aliphatic rings. The van der Waals surface area contributed by atoms with Crippen LogP contribution in [-0.4, -0.2) is 37.0 Å². The van der Waals surface area contributed by atoms with Gasteiger partial charge in [0.05, 0.1) is 0 Å². The fourth-order valence-corrected chi connectivity index (χ4v) is 4.35. The maximum absolute atomic E-state index is 12.7. The molecule has 0 unspecified atom stereocenters. The van der Waals surface area contributed by atoms with Crippen LogP contribution in [0.4, 0.5) is 0 Å². The molecule has 0 bridgehead atoms. The van der Waals surface area contributed by atoms with Crippen LogP contribution in [0.1, 0.15) is 73.5 Å². The number of rotatable bonds is 8. The van der Waals surface area contributed by atoms with Gasteiger partial charge in [0.2, 0.25) is 0 Å². The summed E-state index contributed by atoms with van der Waals surface area (Å²) in [6.45, 7) is 9.86. The van der Waals surface area contributed by atoms with E-state index in [9.17, 15) is 4.79 Å². The number of carbonyl (C=O) groups excluding carboxylic acids is 1. The van der Waals surface area contributed by atoms with E-state index < -0.39 is 0 Å². The summed E-state index contributed by atoms with van der Waals surface area (Å²) in [7, 11) is 0. The molecule has 30 heavy (non-hydrogen) atoms. The fraction of sp³-hybridized carbons (Fsp3) is 0.444. The van der Waals surface area contributed by atoms with Crippen molar-refractivity contribution in [3.8, 4) is 0 Å². The lowest BCUT2D eigenvalue weighted by atomic mass is 9.85. The van der Waals surface area contributed by atoms with Gasteiger partial charge in [-0.15, -0.1) is 0 Å². The van der Waals surface area contributed by atoms with E-state index in [1.807, 2.05) is 30.9 Å². The Morgan fingerprint density at radius 1 is 0.900 bits per heavy atom. The van der Waals surface area contributed by atoms with Gasteiger partial charge >= 0.3 is 0 Å². The molecule has 3 rings (SSSR count). The quantitative estimate of drug-likeness (QED) is 0.612. The first-order valence-corrected chi connectivity index (χ1v) is 11.6. The molecule has 3 nitrogen and oxygen atoms in total. The lowest BCUT2D eigenvalue weighted by Gasteiger charge is -2.23. The summed E-state index contributed by atoms with van der Waals surface area (Å²) in [4.78, 5) is 14.6. The number of unbranched alkanes of at least 4 members (excludes halogenated alkanes) is 1. The molecule has 1 amide bonds. The summed E-state index contributed by atoms with van der Waals surface area (Å²) in [6.07, 6.45) is 5.68. The van der Waals surface area contributed by atoms with Gasteiger partial charge in [-0.1, -0.05) is 55.3 Å². The molecule has 1 N–H and O–H groups in total. The minimum atomic E-state index is 0.117. The molecular weight excluding hydrogens is 368 g/mol. The molecule has 1 aliphatic heterocycles. The summed E-state index contributed by atoms with van der Waals surface area (Å²) >= 11 is 0. The lowest BCUT2D eigenvalue weighted by Crippen LogP contribution is -2.30. The van der Waals surface area contributed by atoms with E-state index in [0.29, 0.717) is 0 Å². The molecule has 0 aliphatic carbocycles. The third kappa shape index (κ3) is 5.20. The first-order valence-electron chi connectivity index (χ1n) is 11.6. The van der Waals surface area contributed by atoms with Crippen LogP contribution in [0, 0.1) is 0 Å². The number of hydrogen-bond acceptors (Lipinski definition) is 2. The van der Waals surface area contributed by atoms with Crippen molar-refractivity contribution in [3.05, 3.63) is 76.4 Å². The number of nitrogens with one attached hydrogen (secondary N) is 1. The summed E-state index contributed by atoms with van der Waals surface area (Å²) in [5.41, 5.74) is 7.71. The molecule has 0 spiro atoms. The van der Waals surface area contributed by atoms with Crippen molar-refractivity contribution < 1.29 is 4.79 Å². The number of benzene rings is 2. The molecule has 1 saturated heterocycles. The Kier molecular flexibility index (Phi) is 8.27. The molecule has 1 fully saturated rings. The smallest absolute Gasteiger partial charge is 0.253 e. The number of nitrogens with zero attached hydrogens (tertiary/aromatic N) is 1. The average Bonchev–Trinajstić information content (AvgIpc) is 2.80. The van der Waals surface area contributed by atoms with E-state index in [1.165, 1.54) is 40.7 Å². The lowest BCUT2D eigenvalue weighted by molar-refractivity contribution is 0.0773. The second-order valence-corrected chi connectivity index (χ2v) is 8.04. The second-order valence-electron chi connectivity index (χ2n) is 8.04. The minimum absolute atomic E-state index is 0.117. The predicted molar refractivity (Wildman–Crippen MR) is 127 cm³/mol. The predicted octanol–water partition coefficient (Wildman–Crippen LogP) is 5.70. The van der Waals surface area contributed by atoms with Crippen molar-refractivity contribution in [1.29, 1.82) is 0 Å². The van der Waals surface area contributed by atoms with Crippen LogP contribution in [0.25, 0.3) is 5.57 Å². The van der Waals surface area contributed by atoms with Crippen molar-refractivity contribution in [3.63, 3.8) is 0 Å². The molecule has 0 atom stereocenters. The van der Waals surface area contributed by atoms with E-state index in [0.717, 1.165) is 51.0 Å². The van der Waals surface area contributed by atoms with Gasteiger partial charge in [-0.3, -0.25) is 4.79 Å². The topological polar surface area (TPSA) is 32.3 Å². The van der Waals surface area contributed by atoms with Gasteiger partial charge in [-0.25, -0.2) is 0 Å². The highest BCUT2D eigenvalue weighted by molar-refractivity contribution is 5.95. The van der Waals surface area contributed by atoms with Crippen LogP contribution in [0.5, 0.6) is 0 Å². The number of piperidine rings is 1. The number of amides is 1. The Morgan fingerprint density at radius 2 is 1.53 bits per heavy atom. The van der Waals surface area contributed by atoms with Crippen LogP contribution >= 0.6 is 0 Å². The molecule has 2 aromatic rings. The molecule has 1 heterocycles. The highest BCUT2D eigenvalue weighted by atomic mass is 16.2. The van der Waals surface area contributed by atoms with Crippen LogP contribution < -0.4 is 5.32 Å². The first-order chi connectivity index (χ1) is 14.7. The van der Waals surface area contributed by atoms with Crippen molar-refractivity contribution >= 4 is 11.5 Å². The summed E-state index contributed by atoms with van der Waals surface area (Å²) in [5, 5.41) is 3.49. The van der Waals surface area contributed by atoms with Crippen LogP contribution in [0.15, 0.2) is 54.1 Å². The maximum Gasteiger partial charge on any atom is 0.253 e. The van der Waals surface area contributed by atoms with Gasteiger partial charge in [-0.05, 0) is 87.0 Å². The number of carbonyl (C=O) groups is 1. The van der Waals surface area contributed by atoms with Gasteiger partial charge in [0.15, 0.2) is 0 Å². The van der Waals surface area contributed by atoms with E-state index in [4.69, 9.17) is 0 Å². The largest absolute Gasteiger partial charge is 0.339 e. The van der Waals surface area contributed by atoms with Crippen LogP contribution in [-0.2, 0) is 6.42 Å². The van der Waals surface area contributed by atoms with Gasteiger partial charge in [0, 0.05) is 18.7 Å². The normalized spacial score (nSPS) is 13.9. The van der Waals surface area contributed by atoms with Crippen molar-refractivity contribution in [2.45, 2.75) is 52.9 Å². The fourth-order valence-electron chi connectivity index (χ4n) is 4.35. The van der Waals surface area contributed by atoms with E-state index >= 15 is 0 Å². The molecule has 0 aromatic heterocycles. The van der Waals surface area contributed by atoms with Crippen molar-refractivity contribution in [1.82, 2.24) is 10.2 Å². The Labute approximate surface area is 182 Å². The third-order valence-electron chi connectivity index (χ3n) is 6.12. The Morgan fingerprint density at radius 3 is 2.17 bits per heavy atom. The standard InChI is InChI=1S/C27H36N2O/c1-4-7-10-21-11-8-9-12-25(21)26(23-17-19-28-20-18-23)22-13-15-24(16-14-22)27(30)29(5-2)6-3/h8-9,11-16,28H,4-7,10,17-20H2,1-3H3. The molecule has 3 heteroatoms. The zero-order valence-corrected chi connectivity index (χ0v) is 18.8. The van der Waals surface area contributed by atoms with Gasteiger partial charge in [-0.2, -0.15) is 0 Å². The monoisotopic (exact) mass is 404 g/mol. The second kappa shape index (κ2) is 11.1. The summed E-state index contributed by atoms with van der Waals surface area (Å²) < 4.78 is 0. The Bertz CT molecular complexity index is 855. The van der Waals surface area contributed by atoms with Crippen LogP contribution in [0.2, 0.25) is 0 Å². The first kappa shape index (κ1) is 22.3.